The van der Waals surface area contributed by atoms with Gasteiger partial charge in [0.05, 0.1) is 11.2 Å². The average Bonchev–Trinajstić information content (AvgIpc) is 2.63. The maximum Gasteiger partial charge on any atom is 0.224 e. The Morgan fingerprint density at radius 2 is 1.78 bits per heavy atom. The normalized spacial score (nSPS) is 14.3. The van der Waals surface area contributed by atoms with E-state index in [1.165, 1.54) is 6.07 Å². The molecule has 0 radical (unpaired) electrons. The summed E-state index contributed by atoms with van der Waals surface area (Å²) in [7, 11) is 0. The van der Waals surface area contributed by atoms with Gasteiger partial charge in [0, 0.05) is 22.0 Å². The van der Waals surface area contributed by atoms with Crippen LogP contribution < -0.4 is 10.6 Å². The van der Waals surface area contributed by atoms with Gasteiger partial charge in [-0.1, -0.05) is 23.7 Å². The van der Waals surface area contributed by atoms with E-state index in [2.05, 4.69) is 20.6 Å². The van der Waals surface area contributed by atoms with E-state index in [1.807, 2.05) is 6.07 Å². The maximum absolute atomic E-state index is 14.4. The van der Waals surface area contributed by atoms with Crippen molar-refractivity contribution in [1.29, 1.82) is 0 Å². The van der Waals surface area contributed by atoms with E-state index < -0.39 is 0 Å². The smallest absolute Gasteiger partial charge is 0.224 e. The van der Waals surface area contributed by atoms with E-state index in [4.69, 9.17) is 11.6 Å². The van der Waals surface area contributed by atoms with Crippen molar-refractivity contribution in [3.05, 3.63) is 53.3 Å². The molecule has 1 aliphatic heterocycles. The van der Waals surface area contributed by atoms with E-state index in [9.17, 15) is 4.39 Å². The van der Waals surface area contributed by atoms with Crippen molar-refractivity contribution < 1.29 is 4.39 Å². The predicted molar refractivity (Wildman–Crippen MR) is 114 cm³/mol. The summed E-state index contributed by atoms with van der Waals surface area (Å²) < 4.78 is 14.4. The van der Waals surface area contributed by atoms with E-state index in [0.717, 1.165) is 36.8 Å². The van der Waals surface area contributed by atoms with Gasteiger partial charge in [-0.2, -0.15) is 0 Å². The Labute approximate surface area is 174 Å². The molecule has 0 atom stereocenters. The van der Waals surface area contributed by atoms with Gasteiger partial charge in [-0.05, 0) is 56.3 Å². The summed E-state index contributed by atoms with van der Waals surface area (Å²) in [6.07, 6.45) is 2.02. The molecule has 3 aromatic rings. The maximum atomic E-state index is 14.4. The van der Waals surface area contributed by atoms with Crippen molar-refractivity contribution in [3.8, 4) is 11.3 Å². The molecule has 144 valence electrons. The molecule has 1 aromatic heterocycles. The number of hydrogen-bond acceptors (Lipinski definition) is 4. The van der Waals surface area contributed by atoms with Crippen molar-refractivity contribution in [2.24, 2.45) is 0 Å². The number of nitrogens with zero attached hydrogens (tertiary/aromatic N) is 2. The fourth-order valence-electron chi connectivity index (χ4n) is 3.17. The molecule has 1 fully saturated rings. The molecule has 2 heterocycles. The molecule has 0 bridgehead atoms. The van der Waals surface area contributed by atoms with Crippen LogP contribution >= 0.6 is 36.4 Å². The Bertz CT molecular complexity index is 917. The second-order valence-corrected chi connectivity index (χ2v) is 6.64. The number of anilines is 1. The van der Waals surface area contributed by atoms with Crippen LogP contribution in [0.5, 0.6) is 0 Å². The highest BCUT2D eigenvalue weighted by Crippen LogP contribution is 2.31. The van der Waals surface area contributed by atoms with Gasteiger partial charge in [0.2, 0.25) is 5.95 Å². The number of aromatic nitrogens is 2. The van der Waals surface area contributed by atoms with Gasteiger partial charge in [-0.25, -0.2) is 14.4 Å². The van der Waals surface area contributed by atoms with Crippen LogP contribution in [-0.4, -0.2) is 29.1 Å². The third kappa shape index (κ3) is 4.79. The van der Waals surface area contributed by atoms with E-state index in [-0.39, 0.29) is 30.6 Å². The summed E-state index contributed by atoms with van der Waals surface area (Å²) >= 11 is 6.14. The van der Waals surface area contributed by atoms with Crippen LogP contribution in [0.3, 0.4) is 0 Å². The molecule has 0 aliphatic carbocycles. The lowest BCUT2D eigenvalue weighted by Crippen LogP contribution is -2.35. The standard InChI is InChI=1S/C19H18ClFN4.2ClH/c20-12-5-6-17-15(11-12)18(14-3-1-2-4-16(14)21)25-19(24-17)23-13-7-9-22-10-8-13;;/h1-6,11,13,22H,7-10H2,(H,23,24,25);2*1H. The summed E-state index contributed by atoms with van der Waals surface area (Å²) in [6, 6.07) is 12.4. The van der Waals surface area contributed by atoms with Gasteiger partial charge in [-0.15, -0.1) is 24.8 Å². The number of fused-ring (bicyclic) bond motifs is 1. The molecule has 0 saturated carbocycles. The first kappa shape index (κ1) is 21.6. The van der Waals surface area contributed by atoms with Crippen LogP contribution in [0.4, 0.5) is 10.3 Å². The molecule has 0 unspecified atom stereocenters. The van der Waals surface area contributed by atoms with Gasteiger partial charge in [-0.3, -0.25) is 0 Å². The van der Waals surface area contributed by atoms with Crippen molar-refractivity contribution >= 4 is 53.3 Å². The highest BCUT2D eigenvalue weighted by Gasteiger charge is 2.17. The number of halogens is 4. The molecule has 4 nitrogen and oxygen atoms in total. The minimum Gasteiger partial charge on any atom is -0.351 e. The summed E-state index contributed by atoms with van der Waals surface area (Å²) in [5, 5.41) is 8.06. The molecular weight excluding hydrogens is 410 g/mol. The number of hydrogen-bond donors (Lipinski definition) is 2. The summed E-state index contributed by atoms with van der Waals surface area (Å²) in [5.41, 5.74) is 1.75. The first-order chi connectivity index (χ1) is 12.2. The fraction of sp³-hybridized carbons (Fsp3) is 0.263. The van der Waals surface area contributed by atoms with Gasteiger partial charge in [0.1, 0.15) is 5.82 Å². The fourth-order valence-corrected chi connectivity index (χ4v) is 3.34. The zero-order chi connectivity index (χ0) is 17.2. The summed E-state index contributed by atoms with van der Waals surface area (Å²) in [6.45, 7) is 1.95. The SMILES string of the molecule is Cl.Cl.Fc1ccccc1-c1nc(NC2CCNCC2)nc2ccc(Cl)cc12. The number of benzene rings is 2. The van der Waals surface area contributed by atoms with Crippen LogP contribution in [-0.2, 0) is 0 Å². The topological polar surface area (TPSA) is 49.8 Å². The summed E-state index contributed by atoms with van der Waals surface area (Å²) in [4.78, 5) is 9.23. The second kappa shape index (κ2) is 9.51. The molecule has 0 amide bonds. The molecule has 1 aliphatic rings. The Hall–Kier alpha value is -1.66. The molecule has 8 heteroatoms. The van der Waals surface area contributed by atoms with Crippen molar-refractivity contribution in [1.82, 2.24) is 15.3 Å². The Morgan fingerprint density at radius 1 is 1.04 bits per heavy atom. The van der Waals surface area contributed by atoms with Crippen LogP contribution in [0.15, 0.2) is 42.5 Å². The van der Waals surface area contributed by atoms with E-state index >= 15 is 0 Å². The Balaban J connectivity index is 0.00000131. The molecule has 4 rings (SSSR count). The number of nitrogens with one attached hydrogen (secondary N) is 2. The Kier molecular flexibility index (Phi) is 7.62. The first-order valence-electron chi connectivity index (χ1n) is 8.40. The third-order valence-electron chi connectivity index (χ3n) is 4.46. The number of rotatable bonds is 3. The zero-order valence-corrected chi connectivity index (χ0v) is 16.8. The lowest BCUT2D eigenvalue weighted by atomic mass is 10.1. The predicted octanol–water partition coefficient (Wildman–Crippen LogP) is 5.10. The molecule has 0 spiro atoms. The molecule has 27 heavy (non-hydrogen) atoms. The van der Waals surface area contributed by atoms with E-state index in [0.29, 0.717) is 28.3 Å². The average molecular weight is 430 g/mol. The largest absolute Gasteiger partial charge is 0.351 e. The Morgan fingerprint density at radius 3 is 2.52 bits per heavy atom. The van der Waals surface area contributed by atoms with Crippen LogP contribution in [0.2, 0.25) is 5.02 Å². The monoisotopic (exact) mass is 428 g/mol. The van der Waals surface area contributed by atoms with Gasteiger partial charge >= 0.3 is 0 Å². The molecule has 2 N–H and O–H groups in total. The van der Waals surface area contributed by atoms with Crippen LogP contribution in [0.1, 0.15) is 12.8 Å². The minimum absolute atomic E-state index is 0. The quantitative estimate of drug-likeness (QED) is 0.608. The minimum atomic E-state index is -0.310. The van der Waals surface area contributed by atoms with Crippen molar-refractivity contribution in [2.45, 2.75) is 18.9 Å². The lowest BCUT2D eigenvalue weighted by Gasteiger charge is -2.24. The van der Waals surface area contributed by atoms with Gasteiger partial charge < -0.3 is 10.6 Å². The zero-order valence-electron chi connectivity index (χ0n) is 14.4. The molecular formula is C19H20Cl3FN4. The number of piperidine rings is 1. The second-order valence-electron chi connectivity index (χ2n) is 6.21. The van der Waals surface area contributed by atoms with E-state index in [1.54, 1.807) is 30.3 Å². The molecule has 1 saturated heterocycles. The third-order valence-corrected chi connectivity index (χ3v) is 4.69. The van der Waals surface area contributed by atoms with Crippen molar-refractivity contribution in [3.63, 3.8) is 0 Å². The lowest BCUT2D eigenvalue weighted by molar-refractivity contribution is 0.477. The van der Waals surface area contributed by atoms with Crippen LogP contribution in [0.25, 0.3) is 22.2 Å². The summed E-state index contributed by atoms with van der Waals surface area (Å²) in [5.74, 6) is 0.218. The highest BCUT2D eigenvalue weighted by molar-refractivity contribution is 6.31. The molecule has 2 aromatic carbocycles. The van der Waals surface area contributed by atoms with Crippen LogP contribution in [0, 0.1) is 5.82 Å². The first-order valence-corrected chi connectivity index (χ1v) is 8.78. The van der Waals surface area contributed by atoms with Gasteiger partial charge in [0.25, 0.3) is 0 Å². The van der Waals surface area contributed by atoms with Gasteiger partial charge in [0.15, 0.2) is 0 Å². The van der Waals surface area contributed by atoms with Crippen molar-refractivity contribution in [2.75, 3.05) is 18.4 Å². The highest BCUT2D eigenvalue weighted by atomic mass is 35.5.